The average Bonchev–Trinajstić information content (AvgIpc) is 2.87. The van der Waals surface area contributed by atoms with E-state index in [4.69, 9.17) is 14.2 Å². The lowest BCUT2D eigenvalue weighted by Gasteiger charge is -2.36. The molecule has 0 aliphatic carbocycles. The molecule has 0 N–H and O–H groups in total. The van der Waals surface area contributed by atoms with Gasteiger partial charge in [0.1, 0.15) is 23.5 Å². The summed E-state index contributed by atoms with van der Waals surface area (Å²) in [6, 6.07) is 25.5. The fourth-order valence-electron chi connectivity index (χ4n) is 4.25. The van der Waals surface area contributed by atoms with E-state index in [1.807, 2.05) is 78.9 Å². The van der Waals surface area contributed by atoms with Gasteiger partial charge in [0.05, 0.1) is 14.2 Å². The van der Waals surface area contributed by atoms with Crippen LogP contribution in [0.15, 0.2) is 84.9 Å². The lowest BCUT2D eigenvalue weighted by atomic mass is 9.83. The van der Waals surface area contributed by atoms with Crippen LogP contribution in [0.3, 0.4) is 0 Å². The molecular weight excluding hydrogens is 400 g/mol. The SMILES string of the molecule is COc1ccc(C2(c3ccc(OC)cc3)C=Cc3c(ccc4cc(C=O)ccc34)O2)cc1. The van der Waals surface area contributed by atoms with Crippen LogP contribution >= 0.6 is 0 Å². The highest BCUT2D eigenvalue weighted by Crippen LogP contribution is 2.44. The molecule has 1 aliphatic heterocycles. The molecule has 1 aliphatic rings. The molecule has 0 saturated heterocycles. The normalized spacial score (nSPS) is 13.8. The summed E-state index contributed by atoms with van der Waals surface area (Å²) in [5, 5.41) is 2.05. The molecule has 4 aromatic carbocycles. The lowest BCUT2D eigenvalue weighted by Crippen LogP contribution is -2.34. The van der Waals surface area contributed by atoms with Gasteiger partial charge in [0, 0.05) is 22.3 Å². The molecule has 0 aromatic heterocycles. The summed E-state index contributed by atoms with van der Waals surface area (Å²) in [4.78, 5) is 11.2. The first-order chi connectivity index (χ1) is 15.7. The maximum absolute atomic E-state index is 11.2. The fourth-order valence-corrected chi connectivity index (χ4v) is 4.25. The van der Waals surface area contributed by atoms with Crippen LogP contribution in [0, 0.1) is 0 Å². The first-order valence-electron chi connectivity index (χ1n) is 10.4. The van der Waals surface area contributed by atoms with E-state index >= 15 is 0 Å². The van der Waals surface area contributed by atoms with Crippen molar-refractivity contribution in [1.82, 2.24) is 0 Å². The molecule has 0 unspecified atom stereocenters. The van der Waals surface area contributed by atoms with Gasteiger partial charge in [-0.15, -0.1) is 0 Å². The van der Waals surface area contributed by atoms with Crippen LogP contribution in [0.1, 0.15) is 27.0 Å². The number of carbonyl (C=O) groups is 1. The van der Waals surface area contributed by atoms with Crippen molar-refractivity contribution in [3.8, 4) is 17.2 Å². The second kappa shape index (κ2) is 7.89. The molecule has 4 aromatic rings. The average molecular weight is 422 g/mol. The Bertz CT molecular complexity index is 1270. The van der Waals surface area contributed by atoms with E-state index in [0.717, 1.165) is 51.0 Å². The van der Waals surface area contributed by atoms with Gasteiger partial charge in [-0.1, -0.05) is 42.5 Å². The number of hydrogen-bond donors (Lipinski definition) is 0. The van der Waals surface area contributed by atoms with Gasteiger partial charge < -0.3 is 14.2 Å². The summed E-state index contributed by atoms with van der Waals surface area (Å²) in [5.41, 5.74) is 2.83. The van der Waals surface area contributed by atoms with E-state index in [1.165, 1.54) is 0 Å². The van der Waals surface area contributed by atoms with Crippen molar-refractivity contribution in [1.29, 1.82) is 0 Å². The van der Waals surface area contributed by atoms with Crippen LogP contribution in [0.4, 0.5) is 0 Å². The molecule has 0 saturated carbocycles. The van der Waals surface area contributed by atoms with E-state index in [0.29, 0.717) is 5.56 Å². The lowest BCUT2D eigenvalue weighted by molar-refractivity contribution is 0.112. The second-order valence-electron chi connectivity index (χ2n) is 7.70. The van der Waals surface area contributed by atoms with Crippen molar-refractivity contribution in [2.45, 2.75) is 5.60 Å². The Labute approximate surface area is 186 Å². The van der Waals surface area contributed by atoms with Crippen molar-refractivity contribution in [2.75, 3.05) is 14.2 Å². The largest absolute Gasteiger partial charge is 0.497 e. The fraction of sp³-hybridized carbons (Fsp3) is 0.107. The van der Waals surface area contributed by atoms with Gasteiger partial charge in [0.25, 0.3) is 0 Å². The number of rotatable bonds is 5. The number of benzene rings is 4. The summed E-state index contributed by atoms with van der Waals surface area (Å²) in [7, 11) is 3.31. The second-order valence-corrected chi connectivity index (χ2v) is 7.70. The molecular formula is C28H22O4. The highest BCUT2D eigenvalue weighted by Gasteiger charge is 2.37. The molecule has 0 atom stereocenters. The summed E-state index contributed by atoms with van der Waals surface area (Å²) >= 11 is 0. The minimum absolute atomic E-state index is 0.656. The molecule has 5 rings (SSSR count). The van der Waals surface area contributed by atoms with E-state index in [-0.39, 0.29) is 0 Å². The van der Waals surface area contributed by atoms with E-state index in [1.54, 1.807) is 14.2 Å². The zero-order valence-electron chi connectivity index (χ0n) is 17.9. The Balaban J connectivity index is 1.68. The quantitative estimate of drug-likeness (QED) is 0.369. The highest BCUT2D eigenvalue weighted by molar-refractivity contribution is 5.96. The van der Waals surface area contributed by atoms with Gasteiger partial charge in [-0.05, 0) is 59.3 Å². The molecule has 0 radical (unpaired) electrons. The minimum Gasteiger partial charge on any atom is -0.497 e. The van der Waals surface area contributed by atoms with Crippen LogP contribution < -0.4 is 14.2 Å². The maximum atomic E-state index is 11.2. The monoisotopic (exact) mass is 422 g/mol. The maximum Gasteiger partial charge on any atom is 0.178 e. The topological polar surface area (TPSA) is 44.8 Å². The van der Waals surface area contributed by atoms with Crippen LogP contribution in [-0.4, -0.2) is 20.5 Å². The van der Waals surface area contributed by atoms with Gasteiger partial charge in [-0.3, -0.25) is 4.79 Å². The Hall–Kier alpha value is -4.05. The molecule has 158 valence electrons. The molecule has 4 nitrogen and oxygen atoms in total. The molecule has 0 bridgehead atoms. The number of carbonyl (C=O) groups excluding carboxylic acids is 1. The van der Waals surface area contributed by atoms with Crippen LogP contribution in [0.5, 0.6) is 17.2 Å². The Morgan fingerprint density at radius 3 is 1.97 bits per heavy atom. The molecule has 0 amide bonds. The van der Waals surface area contributed by atoms with Crippen molar-refractivity contribution < 1.29 is 19.0 Å². The smallest absolute Gasteiger partial charge is 0.178 e. The van der Waals surface area contributed by atoms with Gasteiger partial charge in [0.15, 0.2) is 5.60 Å². The number of hydrogen-bond acceptors (Lipinski definition) is 4. The van der Waals surface area contributed by atoms with Crippen LogP contribution in [0.25, 0.3) is 16.8 Å². The minimum atomic E-state index is -0.804. The third-order valence-corrected chi connectivity index (χ3v) is 5.98. The summed E-state index contributed by atoms with van der Waals surface area (Å²) in [6.45, 7) is 0. The number of aldehydes is 1. The standard InChI is InChI=1S/C28H22O4/c1-30-23-9-5-21(6-10-23)28(22-7-11-24(31-2)12-8-22)16-15-26-25-13-3-19(18-29)17-20(25)4-14-27(26)32-28/h3-18H,1-2H3. The zero-order valence-corrected chi connectivity index (χ0v) is 17.9. The van der Waals surface area contributed by atoms with Crippen molar-refractivity contribution in [3.63, 3.8) is 0 Å². The summed E-state index contributed by atoms with van der Waals surface area (Å²) in [6.07, 6.45) is 5.06. The third kappa shape index (κ3) is 3.21. The predicted molar refractivity (Wildman–Crippen MR) is 126 cm³/mol. The number of fused-ring (bicyclic) bond motifs is 3. The molecule has 1 heterocycles. The van der Waals surface area contributed by atoms with Crippen molar-refractivity contribution >= 4 is 23.1 Å². The van der Waals surface area contributed by atoms with E-state index < -0.39 is 5.60 Å². The Morgan fingerprint density at radius 2 is 1.41 bits per heavy atom. The zero-order chi connectivity index (χ0) is 22.1. The van der Waals surface area contributed by atoms with Crippen molar-refractivity contribution in [3.05, 3.63) is 107 Å². The van der Waals surface area contributed by atoms with Crippen LogP contribution in [0.2, 0.25) is 0 Å². The summed E-state index contributed by atoms with van der Waals surface area (Å²) < 4.78 is 17.5. The molecule has 4 heteroatoms. The first-order valence-corrected chi connectivity index (χ1v) is 10.4. The Kier molecular flexibility index (Phi) is 4.91. The van der Waals surface area contributed by atoms with Crippen LogP contribution in [-0.2, 0) is 5.60 Å². The molecule has 0 spiro atoms. The third-order valence-electron chi connectivity index (χ3n) is 5.98. The highest BCUT2D eigenvalue weighted by atomic mass is 16.5. The first kappa shape index (κ1) is 19.9. The van der Waals surface area contributed by atoms with E-state index in [9.17, 15) is 4.79 Å². The Morgan fingerprint density at radius 1 is 0.781 bits per heavy atom. The number of ether oxygens (including phenoxy) is 3. The van der Waals surface area contributed by atoms with Gasteiger partial charge in [-0.25, -0.2) is 0 Å². The van der Waals surface area contributed by atoms with Crippen molar-refractivity contribution in [2.24, 2.45) is 0 Å². The predicted octanol–water partition coefficient (Wildman–Crippen LogP) is 6.02. The molecule has 0 fully saturated rings. The molecule has 32 heavy (non-hydrogen) atoms. The van der Waals surface area contributed by atoms with Gasteiger partial charge in [-0.2, -0.15) is 0 Å². The van der Waals surface area contributed by atoms with E-state index in [2.05, 4.69) is 12.2 Å². The summed E-state index contributed by atoms with van der Waals surface area (Å²) in [5.74, 6) is 2.36. The number of methoxy groups -OCH3 is 2. The van der Waals surface area contributed by atoms with Gasteiger partial charge >= 0.3 is 0 Å². The van der Waals surface area contributed by atoms with Gasteiger partial charge in [0.2, 0.25) is 0 Å².